The Morgan fingerprint density at radius 3 is 2.64 bits per heavy atom. The van der Waals surface area contributed by atoms with Crippen molar-refractivity contribution in [1.82, 2.24) is 0 Å². The number of aromatic carboxylic acids is 1. The lowest BCUT2D eigenvalue weighted by Gasteiger charge is -2.08. The number of carbonyl (C=O) groups is 2. The monoisotopic (exact) mass is 301 g/mol. The highest BCUT2D eigenvalue weighted by Crippen LogP contribution is 2.28. The molecule has 0 aliphatic heterocycles. The predicted octanol–water partition coefficient (Wildman–Crippen LogP) is 4.08. The molecule has 0 aliphatic rings. The molecule has 0 fully saturated rings. The molecule has 0 saturated heterocycles. The summed E-state index contributed by atoms with van der Waals surface area (Å²) in [6.45, 7) is 3.94. The fourth-order valence-corrected chi connectivity index (χ4v) is 2.12. The van der Waals surface area contributed by atoms with Crippen LogP contribution in [0.4, 0.5) is 5.69 Å². The Morgan fingerprint density at radius 1 is 1.23 bits per heavy atom. The van der Waals surface area contributed by atoms with Crippen molar-refractivity contribution in [2.45, 2.75) is 33.1 Å². The molecule has 1 aromatic carbocycles. The highest BCUT2D eigenvalue weighted by atomic mass is 16.4. The average Bonchev–Trinajstić information content (AvgIpc) is 2.97. The molecule has 0 saturated carbocycles. The van der Waals surface area contributed by atoms with E-state index in [9.17, 15) is 9.59 Å². The van der Waals surface area contributed by atoms with Crippen molar-refractivity contribution in [2.24, 2.45) is 0 Å². The molecular weight excluding hydrogens is 282 g/mol. The van der Waals surface area contributed by atoms with Crippen LogP contribution in [-0.2, 0) is 4.79 Å². The summed E-state index contributed by atoms with van der Waals surface area (Å²) in [5.41, 5.74) is 2.38. The van der Waals surface area contributed by atoms with E-state index < -0.39 is 5.97 Å². The fraction of sp³-hybridized carbons (Fsp3) is 0.294. The van der Waals surface area contributed by atoms with Crippen LogP contribution in [0.15, 0.2) is 34.7 Å². The van der Waals surface area contributed by atoms with Crippen LogP contribution < -0.4 is 5.32 Å². The second kappa shape index (κ2) is 6.93. The number of anilines is 1. The molecule has 1 amide bonds. The Kier molecular flexibility index (Phi) is 4.99. The van der Waals surface area contributed by atoms with Crippen molar-refractivity contribution in [3.63, 3.8) is 0 Å². The van der Waals surface area contributed by atoms with Crippen LogP contribution in [0.3, 0.4) is 0 Å². The topological polar surface area (TPSA) is 79.5 Å². The number of aryl methyl sites for hydroxylation is 1. The number of furan rings is 1. The first-order valence-corrected chi connectivity index (χ1v) is 7.25. The summed E-state index contributed by atoms with van der Waals surface area (Å²) < 4.78 is 5.32. The lowest BCUT2D eigenvalue weighted by atomic mass is 10.1. The van der Waals surface area contributed by atoms with Gasteiger partial charge in [0.05, 0.1) is 0 Å². The Balaban J connectivity index is 2.22. The maximum atomic E-state index is 11.8. The van der Waals surface area contributed by atoms with Crippen LogP contribution in [0.5, 0.6) is 0 Å². The van der Waals surface area contributed by atoms with Gasteiger partial charge in [-0.15, -0.1) is 0 Å². The van der Waals surface area contributed by atoms with Gasteiger partial charge in [0.1, 0.15) is 5.76 Å². The summed E-state index contributed by atoms with van der Waals surface area (Å²) in [4.78, 5) is 22.7. The molecular formula is C17H19NO4. The van der Waals surface area contributed by atoms with Crippen molar-refractivity contribution in [1.29, 1.82) is 0 Å². The number of benzene rings is 1. The van der Waals surface area contributed by atoms with Gasteiger partial charge in [0, 0.05) is 17.7 Å². The largest absolute Gasteiger partial charge is 0.475 e. The molecule has 0 bridgehead atoms. The lowest BCUT2D eigenvalue weighted by Crippen LogP contribution is -2.11. The molecule has 2 rings (SSSR count). The molecule has 0 aliphatic carbocycles. The number of unbranched alkanes of at least 4 members (excludes halogenated alkanes) is 1. The number of hydrogen-bond acceptors (Lipinski definition) is 3. The van der Waals surface area contributed by atoms with Crippen LogP contribution in [0.1, 0.15) is 42.3 Å². The number of carboxylic acids is 1. The van der Waals surface area contributed by atoms with E-state index >= 15 is 0 Å². The van der Waals surface area contributed by atoms with Gasteiger partial charge < -0.3 is 14.8 Å². The zero-order chi connectivity index (χ0) is 16.1. The van der Waals surface area contributed by atoms with E-state index in [0.717, 1.165) is 24.0 Å². The summed E-state index contributed by atoms with van der Waals surface area (Å²) >= 11 is 0. The molecule has 1 aromatic heterocycles. The number of carbonyl (C=O) groups excluding carboxylic acids is 1. The third-order valence-corrected chi connectivity index (χ3v) is 3.36. The quantitative estimate of drug-likeness (QED) is 0.842. The number of nitrogens with one attached hydrogen (secondary N) is 1. The summed E-state index contributed by atoms with van der Waals surface area (Å²) in [7, 11) is 0. The first-order valence-electron chi connectivity index (χ1n) is 7.25. The van der Waals surface area contributed by atoms with Gasteiger partial charge in [-0.2, -0.15) is 0 Å². The van der Waals surface area contributed by atoms with E-state index in [0.29, 0.717) is 17.9 Å². The number of rotatable bonds is 6. The average molecular weight is 301 g/mol. The number of hydrogen-bond donors (Lipinski definition) is 2. The maximum absolute atomic E-state index is 11.8. The Hall–Kier alpha value is -2.56. The van der Waals surface area contributed by atoms with Crippen LogP contribution in [-0.4, -0.2) is 17.0 Å². The van der Waals surface area contributed by atoms with Gasteiger partial charge in [0.2, 0.25) is 11.7 Å². The molecule has 22 heavy (non-hydrogen) atoms. The molecule has 2 N–H and O–H groups in total. The molecule has 116 valence electrons. The minimum atomic E-state index is -1.10. The summed E-state index contributed by atoms with van der Waals surface area (Å²) in [5.74, 6) is -0.762. The van der Waals surface area contributed by atoms with Gasteiger partial charge in [-0.25, -0.2) is 4.79 Å². The molecule has 5 heteroatoms. The van der Waals surface area contributed by atoms with Crippen LogP contribution in [0.2, 0.25) is 0 Å². The van der Waals surface area contributed by atoms with Crippen LogP contribution >= 0.6 is 0 Å². The molecule has 0 spiro atoms. The first-order chi connectivity index (χ1) is 10.5. The Labute approximate surface area is 129 Å². The second-order valence-electron chi connectivity index (χ2n) is 5.15. The third kappa shape index (κ3) is 3.75. The van der Waals surface area contributed by atoms with Crippen molar-refractivity contribution in [3.05, 3.63) is 41.7 Å². The van der Waals surface area contributed by atoms with Gasteiger partial charge in [0.25, 0.3) is 0 Å². The van der Waals surface area contributed by atoms with Crippen LogP contribution in [0.25, 0.3) is 11.3 Å². The molecule has 0 radical (unpaired) electrons. The van der Waals surface area contributed by atoms with Gasteiger partial charge in [0.15, 0.2) is 0 Å². The smallest absolute Gasteiger partial charge is 0.371 e. The predicted molar refractivity (Wildman–Crippen MR) is 84.0 cm³/mol. The van der Waals surface area contributed by atoms with E-state index in [1.54, 1.807) is 12.1 Å². The van der Waals surface area contributed by atoms with Crippen LogP contribution in [0, 0.1) is 6.92 Å². The zero-order valence-corrected chi connectivity index (χ0v) is 12.7. The van der Waals surface area contributed by atoms with Crippen molar-refractivity contribution in [3.8, 4) is 11.3 Å². The standard InChI is InChI=1S/C17H19NO4/c1-3-4-5-16(19)18-12-7-6-11(2)13(10-12)14-8-9-15(22-14)17(20)21/h6-10H,3-5H2,1-2H3,(H,18,19)(H,20,21). The second-order valence-corrected chi connectivity index (χ2v) is 5.15. The highest BCUT2D eigenvalue weighted by molar-refractivity contribution is 5.91. The van der Waals surface area contributed by atoms with Gasteiger partial charge in [-0.1, -0.05) is 19.4 Å². The molecule has 0 unspecified atom stereocenters. The molecule has 1 heterocycles. The highest BCUT2D eigenvalue weighted by Gasteiger charge is 2.13. The van der Waals surface area contributed by atoms with E-state index in [1.165, 1.54) is 6.07 Å². The minimum absolute atomic E-state index is 0.0256. The molecule has 5 nitrogen and oxygen atoms in total. The maximum Gasteiger partial charge on any atom is 0.371 e. The summed E-state index contributed by atoms with van der Waals surface area (Å²) in [5, 5.41) is 11.8. The van der Waals surface area contributed by atoms with Gasteiger partial charge in [-0.3, -0.25) is 4.79 Å². The lowest BCUT2D eigenvalue weighted by molar-refractivity contribution is -0.116. The summed E-state index contributed by atoms with van der Waals surface area (Å²) in [6.07, 6.45) is 2.31. The van der Waals surface area contributed by atoms with E-state index in [1.807, 2.05) is 26.0 Å². The third-order valence-electron chi connectivity index (χ3n) is 3.36. The zero-order valence-electron chi connectivity index (χ0n) is 12.7. The van der Waals surface area contributed by atoms with Gasteiger partial charge >= 0.3 is 5.97 Å². The summed E-state index contributed by atoms with van der Waals surface area (Å²) in [6, 6.07) is 8.53. The Morgan fingerprint density at radius 2 is 2.00 bits per heavy atom. The van der Waals surface area contributed by atoms with Crippen molar-refractivity contribution >= 4 is 17.6 Å². The van der Waals surface area contributed by atoms with E-state index in [-0.39, 0.29) is 11.7 Å². The minimum Gasteiger partial charge on any atom is -0.475 e. The fourth-order valence-electron chi connectivity index (χ4n) is 2.12. The molecule has 2 aromatic rings. The van der Waals surface area contributed by atoms with Crippen molar-refractivity contribution < 1.29 is 19.1 Å². The van der Waals surface area contributed by atoms with Gasteiger partial charge in [-0.05, 0) is 43.2 Å². The molecule has 0 atom stereocenters. The van der Waals surface area contributed by atoms with Crippen molar-refractivity contribution in [2.75, 3.05) is 5.32 Å². The van der Waals surface area contributed by atoms with E-state index in [2.05, 4.69) is 5.32 Å². The normalized spacial score (nSPS) is 10.5. The van der Waals surface area contributed by atoms with E-state index in [4.69, 9.17) is 9.52 Å². The first kappa shape index (κ1) is 15.8. The number of amides is 1. The Bertz CT molecular complexity index is 688. The number of carboxylic acid groups (broad SMARTS) is 1. The SMILES string of the molecule is CCCCC(=O)Nc1ccc(C)c(-c2ccc(C(=O)O)o2)c1.